The van der Waals surface area contributed by atoms with Gasteiger partial charge in [-0.3, -0.25) is 0 Å². The first-order chi connectivity index (χ1) is 11.9. The number of rotatable bonds is 0. The molecule has 0 nitrogen and oxygen atoms in total. The average Bonchev–Trinajstić information content (AvgIpc) is 3.19. The van der Waals surface area contributed by atoms with Gasteiger partial charge in [0.2, 0.25) is 0 Å². The fraction of sp³-hybridized carbons (Fsp3) is 1.00. The first kappa shape index (κ1) is 11.0. The smallest absolute Gasteiger partial charge is 0.00998 e. The third kappa shape index (κ3) is 0.468. The van der Waals surface area contributed by atoms with Crippen molar-refractivity contribution < 1.29 is 0 Å². The Labute approximate surface area is 144 Å². The van der Waals surface area contributed by atoms with Gasteiger partial charge < -0.3 is 0 Å². The average molecular weight is 316 g/mol. The summed E-state index contributed by atoms with van der Waals surface area (Å²) in [5.74, 6) is 15.3. The third-order valence-electron chi connectivity index (χ3n) is 15.2. The predicted molar refractivity (Wildman–Crippen MR) is 88.5 cm³/mol. The summed E-state index contributed by atoms with van der Waals surface area (Å²) in [5.41, 5.74) is 3.98. The van der Waals surface area contributed by atoms with E-state index in [1.807, 2.05) is 0 Å². The van der Waals surface area contributed by atoms with Crippen LogP contribution in [-0.2, 0) is 0 Å². The van der Waals surface area contributed by atoms with Gasteiger partial charge in [0.1, 0.15) is 0 Å². The zero-order valence-corrected chi connectivity index (χ0v) is 14.6. The minimum Gasteiger partial charge on any atom is -0.0493 e. The summed E-state index contributed by atoms with van der Waals surface area (Å²) in [7, 11) is 0. The molecule has 14 rings (SSSR count). The van der Waals surface area contributed by atoms with E-state index < -0.39 is 0 Å². The lowest BCUT2D eigenvalue weighted by Crippen LogP contribution is -2.85. The van der Waals surface area contributed by atoms with Crippen LogP contribution < -0.4 is 0 Å². The van der Waals surface area contributed by atoms with Gasteiger partial charge in [-0.2, -0.15) is 0 Å². The van der Waals surface area contributed by atoms with Crippen molar-refractivity contribution in [3.63, 3.8) is 0 Å². The Morgan fingerprint density at radius 3 is 0.625 bits per heavy atom. The molecule has 4 spiro atoms. The maximum atomic E-state index is 1.71. The van der Waals surface area contributed by atoms with E-state index in [1.165, 1.54) is 71.0 Å². The van der Waals surface area contributed by atoms with Crippen molar-refractivity contribution in [2.24, 2.45) is 92.7 Å². The molecule has 0 aliphatic heterocycles. The van der Waals surface area contributed by atoms with E-state index in [0.717, 1.165) is 21.7 Å². The second kappa shape index (κ2) is 2.41. The molecule has 0 saturated heterocycles. The van der Waals surface area contributed by atoms with E-state index in [9.17, 15) is 0 Å². The van der Waals surface area contributed by atoms with Crippen LogP contribution in [0, 0.1) is 92.7 Å². The van der Waals surface area contributed by atoms with Crippen LogP contribution in [0.2, 0.25) is 0 Å². The Kier molecular flexibility index (Phi) is 1.10. The summed E-state index contributed by atoms with van der Waals surface area (Å²) in [6.45, 7) is 0. The van der Waals surface area contributed by atoms with E-state index >= 15 is 0 Å². The highest BCUT2D eigenvalue weighted by atomic mass is 15.2. The molecular formula is C24H28. The van der Waals surface area contributed by atoms with Crippen LogP contribution in [0.15, 0.2) is 0 Å². The molecule has 12 bridgehead atoms. The van der Waals surface area contributed by atoms with Crippen molar-refractivity contribution in [1.82, 2.24) is 0 Å². The topological polar surface area (TPSA) is 0 Å². The summed E-state index contributed by atoms with van der Waals surface area (Å²) in [4.78, 5) is 0. The summed E-state index contributed by atoms with van der Waals surface area (Å²) in [6.07, 6.45) is 13.7. The van der Waals surface area contributed by atoms with Crippen molar-refractivity contribution in [1.29, 1.82) is 0 Å². The molecule has 124 valence electrons. The maximum absolute atomic E-state index is 1.71. The number of hydrogen-bond donors (Lipinski definition) is 0. The molecule has 24 heavy (non-hydrogen) atoms. The molecule has 4 unspecified atom stereocenters. The van der Waals surface area contributed by atoms with Gasteiger partial charge in [-0.15, -0.1) is 0 Å². The number of hydrogen-bond acceptors (Lipinski definition) is 0. The summed E-state index contributed by atoms with van der Waals surface area (Å²) in [6, 6.07) is 0. The van der Waals surface area contributed by atoms with Crippen LogP contribution in [0.5, 0.6) is 0 Å². The van der Waals surface area contributed by atoms with Crippen LogP contribution in [-0.4, -0.2) is 0 Å². The lowest BCUT2D eigenvalue weighted by Gasteiger charge is -2.88. The molecule has 0 radical (unpaired) electrons. The minimum absolute atomic E-state index is 0.994. The molecule has 14 aliphatic carbocycles. The molecule has 0 aromatic rings. The fourth-order valence-electron chi connectivity index (χ4n) is 17.8. The maximum Gasteiger partial charge on any atom is -0.00998 e. The van der Waals surface area contributed by atoms with Gasteiger partial charge in [0, 0.05) is 0 Å². The standard InChI is InChI=1S/C24H28/c1-2-10-18-13-5-3-11-17(18)9(1)21-12-4-6-15-20-16-8-7-14(19(12)20)22(10,21)24(13,16)23(11,15)21/h9-20H,1-8H2/t9-,10+,11+,12-,13-,14+,15+,16-,17?,18?,19?,20?,21?,22?,23?,24?. The van der Waals surface area contributed by atoms with Crippen LogP contribution in [0.1, 0.15) is 51.4 Å². The summed E-state index contributed by atoms with van der Waals surface area (Å²) >= 11 is 0. The van der Waals surface area contributed by atoms with E-state index in [4.69, 9.17) is 0 Å². The molecule has 14 fully saturated rings. The van der Waals surface area contributed by atoms with Gasteiger partial charge in [-0.1, -0.05) is 0 Å². The molecule has 0 aromatic carbocycles. The van der Waals surface area contributed by atoms with E-state index in [-0.39, 0.29) is 0 Å². The molecule has 0 heterocycles. The number of fused-ring (bicyclic) bond motifs is 3. The van der Waals surface area contributed by atoms with Gasteiger partial charge in [0.15, 0.2) is 0 Å². The van der Waals surface area contributed by atoms with Crippen LogP contribution in [0.3, 0.4) is 0 Å². The Bertz CT molecular complexity index is 620. The molecule has 14 aliphatic rings. The monoisotopic (exact) mass is 316 g/mol. The van der Waals surface area contributed by atoms with Crippen LogP contribution >= 0.6 is 0 Å². The molecule has 0 amide bonds. The molecule has 0 N–H and O–H groups in total. The van der Waals surface area contributed by atoms with Gasteiger partial charge >= 0.3 is 0 Å². The summed E-state index contributed by atoms with van der Waals surface area (Å²) in [5, 5.41) is 0. The highest BCUT2D eigenvalue weighted by molar-refractivity contribution is 5.60. The molecule has 0 heteroatoms. The molecule has 12 atom stereocenters. The third-order valence-corrected chi connectivity index (χ3v) is 15.2. The van der Waals surface area contributed by atoms with Crippen molar-refractivity contribution in [3.8, 4) is 0 Å². The predicted octanol–water partition coefficient (Wildman–Crippen LogP) is 4.60. The van der Waals surface area contributed by atoms with E-state index in [2.05, 4.69) is 0 Å². The largest absolute Gasteiger partial charge is 0.0493 e. The Morgan fingerprint density at radius 1 is 0.292 bits per heavy atom. The van der Waals surface area contributed by atoms with Crippen molar-refractivity contribution in [2.45, 2.75) is 51.4 Å². The second-order valence-electron chi connectivity index (χ2n) is 12.9. The van der Waals surface area contributed by atoms with Crippen LogP contribution in [0.25, 0.3) is 0 Å². The van der Waals surface area contributed by atoms with Gasteiger partial charge in [-0.05, 0) is 144 Å². The van der Waals surface area contributed by atoms with Gasteiger partial charge in [-0.25, -0.2) is 0 Å². The normalized spacial score (nSPS) is 94.0. The quantitative estimate of drug-likeness (QED) is 0.613. The lowest BCUT2D eigenvalue weighted by atomic mass is 9.15. The molecular weight excluding hydrogens is 288 g/mol. The first-order valence-corrected chi connectivity index (χ1v) is 11.9. The van der Waals surface area contributed by atoms with Crippen LogP contribution in [0.4, 0.5) is 0 Å². The summed E-state index contributed by atoms with van der Waals surface area (Å²) < 4.78 is 0. The van der Waals surface area contributed by atoms with E-state index in [1.54, 1.807) is 51.4 Å². The molecule has 0 aromatic heterocycles. The van der Waals surface area contributed by atoms with Crippen molar-refractivity contribution in [3.05, 3.63) is 0 Å². The Hall–Kier alpha value is 0. The zero-order valence-electron chi connectivity index (χ0n) is 14.6. The highest BCUT2D eigenvalue weighted by Crippen LogP contribution is 3.17. The Morgan fingerprint density at radius 2 is 0.458 bits per heavy atom. The second-order valence-corrected chi connectivity index (χ2v) is 12.9. The Balaban J connectivity index is 1.48. The fourth-order valence-corrected chi connectivity index (χ4v) is 17.8. The van der Waals surface area contributed by atoms with Crippen molar-refractivity contribution in [2.75, 3.05) is 0 Å². The van der Waals surface area contributed by atoms with Gasteiger partial charge in [0.05, 0.1) is 0 Å². The zero-order chi connectivity index (χ0) is 14.6. The SMILES string of the molecule is C1C[C@H]2C3C4[C@@H]1C15[C@@H]6CC[C@H]7C8C6[C@@H]6CC[C@H]8C8([C@@H]3CC[C@@H]4C718)C625. The van der Waals surface area contributed by atoms with Crippen molar-refractivity contribution >= 4 is 0 Å². The first-order valence-electron chi connectivity index (χ1n) is 11.9. The van der Waals surface area contributed by atoms with Gasteiger partial charge in [0.25, 0.3) is 0 Å². The molecule has 14 saturated carbocycles. The minimum atomic E-state index is 0.994. The lowest BCUT2D eigenvalue weighted by molar-refractivity contribution is -0.421. The van der Waals surface area contributed by atoms with E-state index in [0.29, 0.717) is 0 Å². The highest BCUT2D eigenvalue weighted by Gasteiger charge is 3.14.